The SMILES string of the molecule is COc1ccc(COCC2OC=C(C=O)C(O)C2OCc2ccc(OC)cc2)cc1. The number of hydrogen-bond donors (Lipinski definition) is 1. The van der Waals surface area contributed by atoms with E-state index in [2.05, 4.69) is 0 Å². The van der Waals surface area contributed by atoms with Gasteiger partial charge in [-0.25, -0.2) is 0 Å². The first-order chi connectivity index (χ1) is 14.6. The number of carbonyl (C=O) groups is 1. The van der Waals surface area contributed by atoms with E-state index < -0.39 is 18.3 Å². The van der Waals surface area contributed by atoms with Crippen molar-refractivity contribution < 1.29 is 33.6 Å². The lowest BCUT2D eigenvalue weighted by molar-refractivity contribution is -0.137. The summed E-state index contributed by atoms with van der Waals surface area (Å²) >= 11 is 0. The molecule has 160 valence electrons. The fourth-order valence-corrected chi connectivity index (χ4v) is 3.07. The predicted molar refractivity (Wildman–Crippen MR) is 109 cm³/mol. The van der Waals surface area contributed by atoms with E-state index in [0.717, 1.165) is 22.6 Å². The molecule has 7 nitrogen and oxygen atoms in total. The van der Waals surface area contributed by atoms with Crippen LogP contribution in [-0.2, 0) is 32.2 Å². The molecule has 0 fully saturated rings. The monoisotopic (exact) mass is 414 g/mol. The van der Waals surface area contributed by atoms with Crippen molar-refractivity contribution >= 4 is 6.29 Å². The molecule has 2 aromatic rings. The van der Waals surface area contributed by atoms with E-state index in [0.29, 0.717) is 12.9 Å². The zero-order chi connectivity index (χ0) is 21.3. The van der Waals surface area contributed by atoms with Crippen LogP contribution in [0.3, 0.4) is 0 Å². The van der Waals surface area contributed by atoms with Crippen molar-refractivity contribution in [1.29, 1.82) is 0 Å². The molecule has 0 spiro atoms. The first-order valence-electron chi connectivity index (χ1n) is 9.58. The van der Waals surface area contributed by atoms with E-state index in [1.807, 2.05) is 48.5 Å². The average Bonchev–Trinajstić information content (AvgIpc) is 2.79. The van der Waals surface area contributed by atoms with Gasteiger partial charge in [0.2, 0.25) is 0 Å². The number of ether oxygens (including phenoxy) is 5. The Labute approximate surface area is 175 Å². The molecule has 3 unspecified atom stereocenters. The molecular weight excluding hydrogens is 388 g/mol. The summed E-state index contributed by atoms with van der Waals surface area (Å²) in [5.74, 6) is 1.52. The van der Waals surface area contributed by atoms with Crippen LogP contribution in [0.15, 0.2) is 60.4 Å². The molecule has 2 aromatic carbocycles. The number of carbonyl (C=O) groups excluding carboxylic acids is 1. The van der Waals surface area contributed by atoms with Crippen molar-refractivity contribution in [3.63, 3.8) is 0 Å². The highest BCUT2D eigenvalue weighted by molar-refractivity contribution is 5.74. The molecule has 0 radical (unpaired) electrons. The van der Waals surface area contributed by atoms with Gasteiger partial charge in [0, 0.05) is 0 Å². The standard InChI is InChI=1S/C23H26O7/c1-26-19-7-3-16(4-8-19)12-28-15-21-23(22(25)18(11-24)14-29-21)30-13-17-5-9-20(27-2)10-6-17/h3-11,14,21-23,25H,12-13,15H2,1-2H3. The van der Waals surface area contributed by atoms with Crippen LogP contribution in [0.4, 0.5) is 0 Å². The van der Waals surface area contributed by atoms with Gasteiger partial charge >= 0.3 is 0 Å². The maximum atomic E-state index is 11.2. The third kappa shape index (κ3) is 5.60. The molecule has 1 N–H and O–H groups in total. The van der Waals surface area contributed by atoms with Gasteiger partial charge in [-0.1, -0.05) is 24.3 Å². The molecule has 0 aromatic heterocycles. The third-order valence-electron chi connectivity index (χ3n) is 4.85. The minimum atomic E-state index is -1.09. The molecule has 3 atom stereocenters. The normalized spacial score (nSPS) is 20.8. The Kier molecular flexibility index (Phi) is 7.84. The van der Waals surface area contributed by atoms with Crippen molar-refractivity contribution in [2.45, 2.75) is 31.5 Å². The van der Waals surface area contributed by atoms with E-state index in [1.165, 1.54) is 6.26 Å². The lowest BCUT2D eigenvalue weighted by Crippen LogP contribution is -2.47. The van der Waals surface area contributed by atoms with Gasteiger partial charge in [0.25, 0.3) is 0 Å². The maximum absolute atomic E-state index is 11.2. The average molecular weight is 414 g/mol. The van der Waals surface area contributed by atoms with Crippen LogP contribution < -0.4 is 9.47 Å². The molecular formula is C23H26O7. The number of methoxy groups -OCH3 is 2. The fourth-order valence-electron chi connectivity index (χ4n) is 3.07. The number of aliphatic hydroxyl groups is 1. The van der Waals surface area contributed by atoms with Gasteiger partial charge in [0.05, 0.1) is 45.9 Å². The summed E-state index contributed by atoms with van der Waals surface area (Å²) in [4.78, 5) is 11.2. The third-order valence-corrected chi connectivity index (χ3v) is 4.85. The summed E-state index contributed by atoms with van der Waals surface area (Å²) in [5, 5.41) is 10.5. The zero-order valence-corrected chi connectivity index (χ0v) is 17.0. The highest BCUT2D eigenvalue weighted by Gasteiger charge is 2.36. The first kappa shape index (κ1) is 21.8. The summed E-state index contributed by atoms with van der Waals surface area (Å²) < 4.78 is 27.6. The number of aldehydes is 1. The van der Waals surface area contributed by atoms with Crippen molar-refractivity contribution in [2.75, 3.05) is 20.8 Å². The van der Waals surface area contributed by atoms with Crippen molar-refractivity contribution in [3.8, 4) is 11.5 Å². The number of benzene rings is 2. The number of hydrogen-bond acceptors (Lipinski definition) is 7. The lowest BCUT2D eigenvalue weighted by Gasteiger charge is -2.34. The molecule has 1 aliphatic heterocycles. The van der Waals surface area contributed by atoms with Crippen LogP contribution in [-0.4, -0.2) is 50.5 Å². The molecule has 0 saturated carbocycles. The van der Waals surface area contributed by atoms with Crippen molar-refractivity contribution in [2.24, 2.45) is 0 Å². The van der Waals surface area contributed by atoms with Crippen LogP contribution in [0.1, 0.15) is 11.1 Å². The molecule has 0 saturated heterocycles. The van der Waals surface area contributed by atoms with Gasteiger partial charge in [-0.05, 0) is 35.4 Å². The van der Waals surface area contributed by atoms with Gasteiger partial charge in [0.15, 0.2) is 6.29 Å². The van der Waals surface area contributed by atoms with Crippen LogP contribution in [0, 0.1) is 0 Å². The summed E-state index contributed by atoms with van der Waals surface area (Å²) in [6.45, 7) is 0.810. The fraction of sp³-hybridized carbons (Fsp3) is 0.348. The maximum Gasteiger partial charge on any atom is 0.151 e. The smallest absolute Gasteiger partial charge is 0.151 e. The van der Waals surface area contributed by atoms with E-state index in [4.69, 9.17) is 23.7 Å². The Morgan fingerprint density at radius 3 is 2.03 bits per heavy atom. The van der Waals surface area contributed by atoms with Crippen molar-refractivity contribution in [1.82, 2.24) is 0 Å². The largest absolute Gasteiger partial charge is 0.497 e. The highest BCUT2D eigenvalue weighted by atomic mass is 16.6. The quantitative estimate of drug-likeness (QED) is 0.599. The van der Waals surface area contributed by atoms with E-state index in [-0.39, 0.29) is 18.8 Å². The van der Waals surface area contributed by atoms with Gasteiger partial charge < -0.3 is 28.8 Å². The molecule has 7 heteroatoms. The lowest BCUT2D eigenvalue weighted by atomic mass is 9.99. The molecule has 1 heterocycles. The van der Waals surface area contributed by atoms with Crippen LogP contribution >= 0.6 is 0 Å². The van der Waals surface area contributed by atoms with Gasteiger partial charge in [0.1, 0.15) is 29.8 Å². The summed E-state index contributed by atoms with van der Waals surface area (Å²) in [7, 11) is 3.22. The molecule has 0 bridgehead atoms. The first-order valence-corrected chi connectivity index (χ1v) is 9.58. The molecule has 30 heavy (non-hydrogen) atoms. The second kappa shape index (κ2) is 10.8. The second-order valence-corrected chi connectivity index (χ2v) is 6.84. The topological polar surface area (TPSA) is 83.5 Å². The van der Waals surface area contributed by atoms with E-state index >= 15 is 0 Å². The Balaban J connectivity index is 1.59. The summed E-state index contributed by atoms with van der Waals surface area (Å²) in [6, 6.07) is 15.0. The molecule has 0 amide bonds. The Bertz CT molecular complexity index is 830. The highest BCUT2D eigenvalue weighted by Crippen LogP contribution is 2.23. The summed E-state index contributed by atoms with van der Waals surface area (Å²) in [5.41, 5.74) is 2.02. The predicted octanol–water partition coefficient (Wildman–Crippen LogP) is 2.65. The van der Waals surface area contributed by atoms with E-state index in [1.54, 1.807) is 14.2 Å². The zero-order valence-electron chi connectivity index (χ0n) is 17.0. The molecule has 0 aliphatic carbocycles. The van der Waals surface area contributed by atoms with Crippen LogP contribution in [0.25, 0.3) is 0 Å². The van der Waals surface area contributed by atoms with Gasteiger partial charge in [-0.15, -0.1) is 0 Å². The Morgan fingerprint density at radius 1 is 0.933 bits per heavy atom. The molecule has 3 rings (SSSR count). The summed E-state index contributed by atoms with van der Waals surface area (Å²) in [6.07, 6.45) is -0.549. The minimum absolute atomic E-state index is 0.140. The van der Waals surface area contributed by atoms with Crippen molar-refractivity contribution in [3.05, 3.63) is 71.5 Å². The number of aliphatic hydroxyl groups excluding tert-OH is 1. The van der Waals surface area contributed by atoms with Crippen LogP contribution in [0.5, 0.6) is 11.5 Å². The van der Waals surface area contributed by atoms with Gasteiger partial charge in [-0.2, -0.15) is 0 Å². The Morgan fingerprint density at radius 2 is 1.50 bits per heavy atom. The number of rotatable bonds is 10. The minimum Gasteiger partial charge on any atom is -0.497 e. The second-order valence-electron chi connectivity index (χ2n) is 6.84. The van der Waals surface area contributed by atoms with E-state index in [9.17, 15) is 9.90 Å². The molecule has 1 aliphatic rings. The van der Waals surface area contributed by atoms with Crippen LogP contribution in [0.2, 0.25) is 0 Å². The Hall–Kier alpha value is -2.87. The van der Waals surface area contributed by atoms with Gasteiger partial charge in [-0.3, -0.25) is 4.79 Å².